The van der Waals surface area contributed by atoms with Crippen LogP contribution < -0.4 is 10.1 Å². The number of imidazole rings is 1. The Morgan fingerprint density at radius 3 is 2.50 bits per heavy atom. The summed E-state index contributed by atoms with van der Waals surface area (Å²) in [5.74, 6) is 1.09. The Balaban J connectivity index is 1.25. The number of aromatic amines is 1. The van der Waals surface area contributed by atoms with Gasteiger partial charge in [0, 0.05) is 37.3 Å². The number of piperidine rings is 2. The van der Waals surface area contributed by atoms with E-state index < -0.39 is 6.36 Å². The number of carbonyl (C=O) groups excluding carboxylic acids is 1. The van der Waals surface area contributed by atoms with Crippen molar-refractivity contribution in [3.63, 3.8) is 0 Å². The van der Waals surface area contributed by atoms with Gasteiger partial charge in [-0.2, -0.15) is 0 Å². The number of fused-ring (bicyclic) bond motifs is 1. The van der Waals surface area contributed by atoms with Crippen LogP contribution in [0.3, 0.4) is 0 Å². The number of nitrogens with zero attached hydrogens (tertiary/aromatic N) is 3. The van der Waals surface area contributed by atoms with Crippen molar-refractivity contribution in [1.82, 2.24) is 25.2 Å². The van der Waals surface area contributed by atoms with Gasteiger partial charge in [0.15, 0.2) is 5.65 Å². The number of pyridine rings is 1. The molecule has 1 amide bonds. The molecule has 4 heterocycles. The van der Waals surface area contributed by atoms with Gasteiger partial charge in [-0.25, -0.2) is 9.97 Å². The van der Waals surface area contributed by atoms with Crippen molar-refractivity contribution in [3.8, 4) is 5.75 Å². The Morgan fingerprint density at radius 2 is 1.82 bits per heavy atom. The van der Waals surface area contributed by atoms with Crippen LogP contribution in [0.25, 0.3) is 11.2 Å². The maximum absolute atomic E-state index is 12.9. The predicted octanol–water partition coefficient (Wildman–Crippen LogP) is 4.34. The number of hydrogen-bond acceptors (Lipinski definition) is 5. The summed E-state index contributed by atoms with van der Waals surface area (Å²) in [6, 6.07) is 7.10. The van der Waals surface area contributed by atoms with Gasteiger partial charge < -0.3 is 19.9 Å². The number of ether oxygens (including phenoxy) is 1. The quantitative estimate of drug-likeness (QED) is 0.589. The average molecular weight is 473 g/mol. The maximum Gasteiger partial charge on any atom is 0.573 e. The minimum atomic E-state index is -4.76. The summed E-state index contributed by atoms with van der Waals surface area (Å²) < 4.78 is 40.9. The van der Waals surface area contributed by atoms with E-state index in [1.807, 2.05) is 6.07 Å². The topological polar surface area (TPSA) is 83.1 Å². The fraction of sp³-hybridized carbons (Fsp3) is 0.458. The Morgan fingerprint density at radius 1 is 1.06 bits per heavy atom. The fourth-order valence-corrected chi connectivity index (χ4v) is 4.94. The third-order valence-electron chi connectivity index (χ3n) is 6.68. The van der Waals surface area contributed by atoms with E-state index in [0.717, 1.165) is 55.8 Å². The molecule has 0 aliphatic carbocycles. The van der Waals surface area contributed by atoms with Gasteiger partial charge in [0.25, 0.3) is 5.91 Å². The number of halogens is 3. The van der Waals surface area contributed by atoms with Crippen molar-refractivity contribution in [2.24, 2.45) is 0 Å². The normalized spacial score (nSPS) is 20.0. The van der Waals surface area contributed by atoms with Crippen LogP contribution in [0.1, 0.15) is 59.3 Å². The van der Waals surface area contributed by atoms with Crippen LogP contribution in [-0.4, -0.2) is 58.3 Å². The highest BCUT2D eigenvalue weighted by atomic mass is 19.4. The van der Waals surface area contributed by atoms with Gasteiger partial charge in [-0.15, -0.1) is 13.2 Å². The second-order valence-corrected chi connectivity index (χ2v) is 8.90. The van der Waals surface area contributed by atoms with Crippen molar-refractivity contribution in [2.75, 3.05) is 26.2 Å². The van der Waals surface area contributed by atoms with E-state index in [4.69, 9.17) is 4.98 Å². The van der Waals surface area contributed by atoms with Crippen LogP contribution >= 0.6 is 0 Å². The number of amides is 1. The van der Waals surface area contributed by atoms with E-state index in [1.165, 1.54) is 29.8 Å². The highest BCUT2D eigenvalue weighted by Gasteiger charge is 2.31. The van der Waals surface area contributed by atoms with Crippen LogP contribution in [0, 0.1) is 0 Å². The molecule has 180 valence electrons. The standard InChI is InChI=1S/C24H26F3N5O2/c25-24(26,27)34-18-5-3-16(4-6-18)23(33)32-12-8-15(9-13-32)19-7-11-29-22-20(19)30-21(31-22)17-2-1-10-28-14-17/h3-7,11,15,17,28H,1-2,8-10,12-14H2,(H,29,30,31)/t17-/m1/s1. The zero-order valence-corrected chi connectivity index (χ0v) is 18.6. The van der Waals surface area contributed by atoms with Crippen molar-refractivity contribution >= 4 is 17.1 Å². The van der Waals surface area contributed by atoms with Gasteiger partial charge in [-0.3, -0.25) is 4.79 Å². The number of aromatic nitrogens is 3. The van der Waals surface area contributed by atoms with E-state index in [-0.39, 0.29) is 17.6 Å². The lowest BCUT2D eigenvalue weighted by molar-refractivity contribution is -0.274. The molecule has 0 bridgehead atoms. The number of carbonyl (C=O) groups is 1. The SMILES string of the molecule is O=C(c1ccc(OC(F)(F)F)cc1)N1CCC(c2ccnc3nc([C@@H]4CCCNC4)[nH]c23)CC1. The largest absolute Gasteiger partial charge is 0.573 e. The van der Waals surface area contributed by atoms with E-state index >= 15 is 0 Å². The molecular weight excluding hydrogens is 447 g/mol. The Labute approximate surface area is 194 Å². The van der Waals surface area contributed by atoms with Crippen molar-refractivity contribution < 1.29 is 22.7 Å². The smallest absolute Gasteiger partial charge is 0.406 e. The number of alkyl halides is 3. The van der Waals surface area contributed by atoms with Crippen molar-refractivity contribution in [3.05, 3.63) is 53.5 Å². The summed E-state index contributed by atoms with van der Waals surface area (Å²) in [6.07, 6.45) is 0.857. The molecule has 2 aliphatic heterocycles. The molecule has 0 saturated carbocycles. The Hall–Kier alpha value is -3.14. The molecule has 2 aliphatic rings. The maximum atomic E-state index is 12.9. The Kier molecular flexibility index (Phi) is 6.16. The minimum absolute atomic E-state index is 0.189. The summed E-state index contributed by atoms with van der Waals surface area (Å²) in [4.78, 5) is 27.3. The average Bonchev–Trinajstić information content (AvgIpc) is 3.28. The molecule has 2 saturated heterocycles. The molecule has 1 atom stereocenters. The van der Waals surface area contributed by atoms with Crippen LogP contribution in [-0.2, 0) is 0 Å². The molecule has 5 rings (SSSR count). The highest BCUT2D eigenvalue weighted by molar-refractivity contribution is 5.94. The van der Waals surface area contributed by atoms with Crippen LogP contribution in [0.5, 0.6) is 5.75 Å². The number of benzene rings is 1. The van der Waals surface area contributed by atoms with Gasteiger partial charge in [0.1, 0.15) is 11.6 Å². The lowest BCUT2D eigenvalue weighted by Gasteiger charge is -2.32. The van der Waals surface area contributed by atoms with Gasteiger partial charge in [-0.05, 0) is 74.0 Å². The summed E-state index contributed by atoms with van der Waals surface area (Å²) in [7, 11) is 0. The van der Waals surface area contributed by atoms with Crippen LogP contribution in [0.2, 0.25) is 0 Å². The molecule has 3 aromatic rings. The first-order valence-electron chi connectivity index (χ1n) is 11.6. The van der Waals surface area contributed by atoms with Gasteiger partial charge in [0.05, 0.1) is 5.52 Å². The molecule has 0 radical (unpaired) electrons. The minimum Gasteiger partial charge on any atom is -0.406 e. The zero-order valence-electron chi connectivity index (χ0n) is 18.6. The molecule has 2 fully saturated rings. The van der Waals surface area contributed by atoms with Gasteiger partial charge in [-0.1, -0.05) is 0 Å². The summed E-state index contributed by atoms with van der Waals surface area (Å²) in [5.41, 5.74) is 3.23. The fourth-order valence-electron chi connectivity index (χ4n) is 4.94. The number of hydrogen-bond donors (Lipinski definition) is 2. The summed E-state index contributed by atoms with van der Waals surface area (Å²) >= 11 is 0. The van der Waals surface area contributed by atoms with E-state index in [0.29, 0.717) is 24.6 Å². The molecule has 0 spiro atoms. The molecule has 10 heteroatoms. The highest BCUT2D eigenvalue weighted by Crippen LogP contribution is 2.33. The van der Waals surface area contributed by atoms with E-state index in [2.05, 4.69) is 20.0 Å². The molecular formula is C24H26F3N5O2. The van der Waals surface area contributed by atoms with E-state index in [1.54, 1.807) is 11.1 Å². The first kappa shape index (κ1) is 22.6. The predicted molar refractivity (Wildman–Crippen MR) is 120 cm³/mol. The molecule has 0 unspecified atom stereocenters. The van der Waals surface area contributed by atoms with Crippen molar-refractivity contribution in [2.45, 2.75) is 43.9 Å². The third kappa shape index (κ3) is 4.86. The van der Waals surface area contributed by atoms with Crippen LogP contribution in [0.4, 0.5) is 13.2 Å². The number of nitrogens with one attached hydrogen (secondary N) is 2. The molecule has 1 aromatic carbocycles. The zero-order chi connectivity index (χ0) is 23.7. The van der Waals surface area contributed by atoms with Gasteiger partial charge >= 0.3 is 6.36 Å². The van der Waals surface area contributed by atoms with Gasteiger partial charge in [0.2, 0.25) is 0 Å². The summed E-state index contributed by atoms with van der Waals surface area (Å²) in [5, 5.41) is 3.42. The number of H-pyrrole nitrogens is 1. The monoisotopic (exact) mass is 473 g/mol. The van der Waals surface area contributed by atoms with Crippen molar-refractivity contribution in [1.29, 1.82) is 0 Å². The lowest BCUT2D eigenvalue weighted by Crippen LogP contribution is -2.38. The molecule has 34 heavy (non-hydrogen) atoms. The first-order chi connectivity index (χ1) is 16.4. The Bertz CT molecular complexity index is 1150. The van der Waals surface area contributed by atoms with Crippen LogP contribution in [0.15, 0.2) is 36.5 Å². The number of rotatable bonds is 4. The molecule has 7 nitrogen and oxygen atoms in total. The van der Waals surface area contributed by atoms with E-state index in [9.17, 15) is 18.0 Å². The second kappa shape index (κ2) is 9.25. The summed E-state index contributed by atoms with van der Waals surface area (Å²) in [6.45, 7) is 3.10. The molecule has 2 aromatic heterocycles. The lowest BCUT2D eigenvalue weighted by atomic mass is 9.89. The third-order valence-corrected chi connectivity index (χ3v) is 6.68. The molecule has 2 N–H and O–H groups in total. The second-order valence-electron chi connectivity index (χ2n) is 8.90. The first-order valence-corrected chi connectivity index (χ1v) is 11.6. The number of likely N-dealkylation sites (tertiary alicyclic amines) is 1.